The second-order valence-corrected chi connectivity index (χ2v) is 29.2. The van der Waals surface area contributed by atoms with Crippen LogP contribution in [0.25, 0.3) is 0 Å². The van der Waals surface area contributed by atoms with Gasteiger partial charge in [0.25, 0.3) is 64.4 Å². The molecule has 0 aliphatic rings. The molecule has 37 nitrogen and oxygen atoms in total. The largest absolute Gasteiger partial charge is 1.00 e. The number of halogens is 21. The predicted molar refractivity (Wildman–Crippen MR) is 450 cm³/mol. The first-order chi connectivity index (χ1) is 61.9. The number of carbonyl (C=O) groups is 15. The average molecular weight is 2090 g/mol. The number of nitrogens with zero attached hydrogens (tertiary/aromatic N) is 8. The smallest absolute Gasteiger partial charge is 0.870 e. The zero-order valence-corrected chi connectivity index (χ0v) is 77.8. The van der Waals surface area contributed by atoms with E-state index in [4.69, 9.17) is 35.9 Å². The van der Waals surface area contributed by atoms with Crippen LogP contribution in [0.5, 0.6) is 0 Å². The summed E-state index contributed by atoms with van der Waals surface area (Å²) in [5, 5.41) is 54.1. The number of esters is 2. The summed E-state index contributed by atoms with van der Waals surface area (Å²) in [7, 11) is 16.5. The molecular formula is C79H78Cl3F18N16NaO21S. The van der Waals surface area contributed by atoms with Crippen molar-refractivity contribution >= 4 is 148 Å². The van der Waals surface area contributed by atoms with Gasteiger partial charge < -0.3 is 91.4 Å². The molecule has 60 heteroatoms. The fourth-order valence-electron chi connectivity index (χ4n) is 9.14. The first-order valence-corrected chi connectivity index (χ1v) is 38.9. The number of amides is 6. The van der Waals surface area contributed by atoms with Crippen LogP contribution in [0.4, 0.5) is 96.1 Å². The number of hydrogen-bond acceptors (Lipinski definition) is 24. The Morgan fingerprint density at radius 2 is 0.626 bits per heavy atom. The minimum Gasteiger partial charge on any atom is -0.870 e. The fourth-order valence-corrected chi connectivity index (χ4v) is 9.14. The first kappa shape index (κ1) is 131. The van der Waals surface area contributed by atoms with Crippen molar-refractivity contribution in [1.29, 1.82) is 15.8 Å². The summed E-state index contributed by atoms with van der Waals surface area (Å²) < 4.78 is 245. The molecule has 139 heavy (non-hydrogen) atoms. The summed E-state index contributed by atoms with van der Waals surface area (Å²) in [6.45, 7) is 3.69. The Balaban J connectivity index is -0.000000781. The van der Waals surface area contributed by atoms with Crippen molar-refractivity contribution in [3.8, 4) is 18.2 Å². The van der Waals surface area contributed by atoms with Gasteiger partial charge in [-0.05, 0) is 120 Å². The van der Waals surface area contributed by atoms with Crippen LogP contribution < -0.4 is 72.9 Å². The van der Waals surface area contributed by atoms with E-state index in [9.17, 15) is 151 Å². The number of Topliss-reactive ketones (excluding diaryl/α,β-unsaturated/α-hetero) is 5. The number of nitrogens with two attached hydrogens (primary N) is 2. The van der Waals surface area contributed by atoms with E-state index in [1.807, 2.05) is 0 Å². The SMILES string of the molecule is C.COC(=O)c1cc(C(=O)C(=O)N[C@H](C)C(F)(F)F)n(C)c1.COC(=O)c1cc(C(=O)C(=O)O)n(C)c1.C[C@@H](N)C(F)(F)F.C[C@@H](NC(=O)C(=O)c1cc(C(=O)Nc2ccc(F)c(C#N)c2)cn1C)C(F)(F)F.C[C@@H](NC(=O)C(=O)c1cc(C(=O)Nc2ccc(F)c(C#N)c2)cn1C)C(F)(F)F.C[C@@H](NC(=O)C(=O)c1cc(C(=O)O)cn1C)C(F)(F)F.Cl.N#Cc1cc(N)ccc1F.O=S(Cl)Cl.[Na+].[OH-]. The van der Waals surface area contributed by atoms with E-state index in [-0.39, 0.29) is 139 Å². The number of ether oxygens (including phenoxy) is 2. The van der Waals surface area contributed by atoms with E-state index in [2.05, 4.69) is 47.2 Å². The number of nitrogen functional groups attached to an aromatic ring is 1. The quantitative estimate of drug-likeness (QED) is 0.00615. The maximum absolute atomic E-state index is 13.3. The zero-order chi connectivity index (χ0) is 105. The van der Waals surface area contributed by atoms with Crippen molar-refractivity contribution < 1.29 is 210 Å². The van der Waals surface area contributed by atoms with Gasteiger partial charge in [0.05, 0.1) is 93.2 Å². The van der Waals surface area contributed by atoms with Crippen LogP contribution in [0.3, 0.4) is 0 Å². The van der Waals surface area contributed by atoms with E-state index >= 15 is 0 Å². The molecule has 0 aliphatic heterocycles. The van der Waals surface area contributed by atoms with Crippen molar-refractivity contribution in [2.45, 2.75) is 103 Å². The molecule has 8 rings (SSSR count). The molecule has 8 aromatic rings. The number of methoxy groups -OCH3 is 2. The molecule has 3 aromatic carbocycles. The molecular weight excluding hydrogens is 2010 g/mol. The van der Waals surface area contributed by atoms with Crippen molar-refractivity contribution in [2.75, 3.05) is 30.6 Å². The van der Waals surface area contributed by atoms with Crippen LogP contribution in [0.15, 0.2) is 116 Å². The van der Waals surface area contributed by atoms with Crippen molar-refractivity contribution in [1.82, 2.24) is 44.1 Å². The van der Waals surface area contributed by atoms with Crippen LogP contribution >= 0.6 is 33.8 Å². The molecule has 754 valence electrons. The van der Waals surface area contributed by atoms with E-state index < -0.39 is 176 Å². The maximum Gasteiger partial charge on any atom is 1.00 e. The van der Waals surface area contributed by atoms with Gasteiger partial charge in [-0.25, -0.2) is 36.6 Å². The summed E-state index contributed by atoms with van der Waals surface area (Å²) in [6.07, 6.45) is -16.9. The number of hydrogen-bond donors (Lipinski definition) is 10. The van der Waals surface area contributed by atoms with Crippen LogP contribution in [0, 0.1) is 51.4 Å². The standard InChI is InChI=1S/2C18H14F4N4O3.C12H13F3N2O4.C11H11F3N2O4.C9H9NO5.C7H5FN2.C3H6F3N.CH4.Cl2OS.ClH.Na.H2O/c2*1-9(18(20,21)22)24-17(29)15(27)14-6-11(8-26(14)2)16(28)25-12-3-4-13(19)10(5-12)7-23;1-6(12(13,14)15)16-10(19)9(18)8-4-7(5-17(8)2)11(20)21-3;1-5(11(12,13)14)15-9(18)8(17)7-3-6(10(19)20)4-16(7)2;1-10-4-5(9(14)15-2)3-6(10)7(11)8(12)13;8-7-2-1-6(10)3-5(7)4-9;1-2(7)3(4,5)6;;1-4(2)3;;;/h2*3-6,8-9H,1-2H3,(H,24,29)(H,25,28);4-6H,1-3H3,(H,16,19);3-5H,1-2H3,(H,15,18)(H,19,20);3-4H,1-2H3,(H,12,13);1-3H,10H2;2H,7H2,1H3;1H4;;1H;;1H2/q;;;;;;;;;;+1;/p-1/t2*9-;6-;5-;;;2-;;;;;/m1111..1...../s1. The molecule has 5 aromatic heterocycles. The van der Waals surface area contributed by atoms with Gasteiger partial charge >= 0.3 is 84.3 Å². The molecule has 5 heterocycles. The van der Waals surface area contributed by atoms with Crippen LogP contribution in [0.1, 0.15) is 163 Å². The van der Waals surface area contributed by atoms with Crippen LogP contribution in [0.2, 0.25) is 0 Å². The Kier molecular flexibility index (Phi) is 54.1. The average Bonchev–Trinajstić information content (AvgIpc) is 1.72. The van der Waals surface area contributed by atoms with E-state index in [0.29, 0.717) is 26.5 Å². The maximum atomic E-state index is 13.3. The number of carboxylic acid groups (broad SMARTS) is 2. The Labute approximate surface area is 812 Å². The third kappa shape index (κ3) is 42.3. The van der Waals surface area contributed by atoms with Gasteiger partial charge in [0.15, 0.2) is 0 Å². The minimum atomic E-state index is -4.72. The van der Waals surface area contributed by atoms with E-state index in [1.165, 1.54) is 113 Å². The number of aromatic carboxylic acids is 1. The number of nitriles is 3. The van der Waals surface area contributed by atoms with E-state index in [1.54, 1.807) is 34.2 Å². The second kappa shape index (κ2) is 57.3. The number of aliphatic carboxylic acids is 1. The molecule has 0 spiro atoms. The third-order valence-electron chi connectivity index (χ3n) is 16.5. The number of ketones is 5. The minimum absolute atomic E-state index is 0. The topological polar surface area (TPSA) is 582 Å². The Hall–Kier alpha value is -13.9. The molecule has 0 radical (unpaired) electrons. The summed E-state index contributed by atoms with van der Waals surface area (Å²) in [6, 6.07) is 10.2. The number of anilines is 3. The zero-order valence-electron chi connectivity index (χ0n) is 72.7. The van der Waals surface area contributed by atoms with Gasteiger partial charge in [0.2, 0.25) is 9.23 Å². The van der Waals surface area contributed by atoms with Gasteiger partial charge in [0.1, 0.15) is 59.8 Å². The Bertz CT molecular complexity index is 5770. The summed E-state index contributed by atoms with van der Waals surface area (Å²) >= 11 is 0. The second-order valence-electron chi connectivity index (χ2n) is 26.7. The molecule has 0 fully saturated rings. The van der Waals surface area contributed by atoms with Crippen LogP contribution in [-0.2, 0) is 77.9 Å². The number of nitrogens with one attached hydrogen (secondary N) is 6. The van der Waals surface area contributed by atoms with Gasteiger partial charge in [0, 0.05) is 105 Å². The van der Waals surface area contributed by atoms with Crippen molar-refractivity contribution in [3.63, 3.8) is 0 Å². The molecule has 5 atom stereocenters. The summed E-state index contributed by atoms with van der Waals surface area (Å²) in [5.74, 6) is -19.5. The van der Waals surface area contributed by atoms with Crippen LogP contribution in [-0.4, -0.2) is 206 Å². The van der Waals surface area contributed by atoms with Crippen molar-refractivity contribution in [2.24, 2.45) is 41.0 Å². The molecule has 0 unspecified atom stereocenters. The van der Waals surface area contributed by atoms with Gasteiger partial charge in [-0.3, -0.25) is 52.7 Å². The van der Waals surface area contributed by atoms with E-state index in [0.717, 1.165) is 94.0 Å². The van der Waals surface area contributed by atoms with Gasteiger partial charge in [-0.2, -0.15) is 81.6 Å². The Morgan fingerprint density at radius 1 is 0.410 bits per heavy atom. The Morgan fingerprint density at radius 3 is 0.835 bits per heavy atom. The molecule has 0 saturated carbocycles. The normalized spacial score (nSPS) is 11.6. The van der Waals surface area contributed by atoms with Gasteiger partial charge in [-0.1, -0.05) is 7.43 Å². The molecule has 13 N–H and O–H groups in total. The number of alkyl halides is 15. The summed E-state index contributed by atoms with van der Waals surface area (Å²) in [5.41, 5.74) is 8.32. The molecule has 0 saturated heterocycles. The first-order valence-electron chi connectivity index (χ1n) is 36.1. The molecule has 0 bridgehead atoms. The number of aromatic nitrogens is 5. The van der Waals surface area contributed by atoms with Crippen molar-refractivity contribution in [3.05, 3.63) is 206 Å². The monoisotopic (exact) mass is 2090 g/mol. The number of aryl methyl sites for hydroxylation is 5. The number of rotatable bonds is 21. The third-order valence-corrected chi connectivity index (χ3v) is 16.5. The fraction of sp³-hybridized carbons (Fsp3) is 0.291. The number of carboxylic acids is 2. The predicted octanol–water partition coefficient (Wildman–Crippen LogP) is 8.29. The molecule has 6 amide bonds. The number of carbonyl (C=O) groups excluding carboxylic acids is 13. The summed E-state index contributed by atoms with van der Waals surface area (Å²) in [4.78, 5) is 173. The number of benzene rings is 3. The van der Waals surface area contributed by atoms with Gasteiger partial charge in [-0.15, -0.1) is 12.4 Å². The molecule has 0 aliphatic carbocycles.